The monoisotopic (exact) mass is 289 g/mol. The van der Waals surface area contributed by atoms with Gasteiger partial charge in [0.25, 0.3) is 0 Å². The second kappa shape index (κ2) is 6.72. The molecule has 5 heteroatoms. The molecule has 0 radical (unpaired) electrons. The van der Waals surface area contributed by atoms with E-state index in [1.165, 1.54) is 0 Å². The highest BCUT2D eigenvalue weighted by atomic mass is 16.2. The number of hydrogen-bond acceptors (Lipinski definition) is 3. The summed E-state index contributed by atoms with van der Waals surface area (Å²) in [7, 11) is 0. The molecule has 0 heterocycles. The molecular formula is C16H23N3O2. The van der Waals surface area contributed by atoms with E-state index < -0.39 is 12.0 Å². The molecule has 1 saturated carbocycles. The summed E-state index contributed by atoms with van der Waals surface area (Å²) in [5.74, 6) is -0.736. The van der Waals surface area contributed by atoms with Crippen molar-refractivity contribution < 1.29 is 9.59 Å². The molecule has 0 bridgehead atoms. The van der Waals surface area contributed by atoms with E-state index in [-0.39, 0.29) is 17.9 Å². The fraction of sp³-hybridized carbons (Fsp3) is 0.500. The lowest BCUT2D eigenvalue weighted by atomic mass is 9.94. The van der Waals surface area contributed by atoms with E-state index in [1.807, 2.05) is 30.3 Å². The number of carbonyl (C=O) groups is 2. The Bertz CT molecular complexity index is 500. The van der Waals surface area contributed by atoms with Gasteiger partial charge in [0.15, 0.2) is 0 Å². The van der Waals surface area contributed by atoms with Gasteiger partial charge < -0.3 is 16.4 Å². The van der Waals surface area contributed by atoms with Crippen LogP contribution >= 0.6 is 0 Å². The maximum atomic E-state index is 12.2. The molecule has 2 amide bonds. The van der Waals surface area contributed by atoms with Gasteiger partial charge in [-0.05, 0) is 25.3 Å². The Morgan fingerprint density at radius 3 is 2.33 bits per heavy atom. The Labute approximate surface area is 125 Å². The van der Waals surface area contributed by atoms with Crippen molar-refractivity contribution in [2.45, 2.75) is 44.8 Å². The summed E-state index contributed by atoms with van der Waals surface area (Å²) in [6.45, 7) is 3.47. The van der Waals surface area contributed by atoms with Crippen molar-refractivity contribution >= 4 is 11.8 Å². The zero-order chi connectivity index (χ0) is 15.4. The van der Waals surface area contributed by atoms with Gasteiger partial charge in [0.1, 0.15) is 6.04 Å². The zero-order valence-corrected chi connectivity index (χ0v) is 12.5. The van der Waals surface area contributed by atoms with Gasteiger partial charge in [-0.25, -0.2) is 0 Å². The fourth-order valence-corrected chi connectivity index (χ4v) is 2.09. The number of nitrogens with one attached hydrogen (secondary N) is 2. The van der Waals surface area contributed by atoms with Gasteiger partial charge in [-0.3, -0.25) is 9.59 Å². The molecule has 0 saturated heterocycles. The molecule has 4 N–H and O–H groups in total. The van der Waals surface area contributed by atoms with Crippen LogP contribution in [0.3, 0.4) is 0 Å². The molecule has 3 unspecified atom stereocenters. The maximum Gasteiger partial charge on any atom is 0.242 e. The molecule has 1 aliphatic carbocycles. The van der Waals surface area contributed by atoms with E-state index in [0.29, 0.717) is 6.04 Å². The minimum atomic E-state index is -0.538. The van der Waals surface area contributed by atoms with Gasteiger partial charge in [-0.15, -0.1) is 0 Å². The number of carbonyl (C=O) groups excluding carboxylic acids is 2. The first kappa shape index (κ1) is 15.5. The largest absolute Gasteiger partial charge is 0.352 e. The van der Waals surface area contributed by atoms with Crippen LogP contribution in [-0.2, 0) is 9.59 Å². The van der Waals surface area contributed by atoms with Gasteiger partial charge in [0.2, 0.25) is 11.8 Å². The average Bonchev–Trinajstić information content (AvgIpc) is 3.30. The molecule has 0 spiro atoms. The average molecular weight is 289 g/mol. The Balaban J connectivity index is 1.87. The highest BCUT2D eigenvalue weighted by molar-refractivity contribution is 5.88. The van der Waals surface area contributed by atoms with E-state index in [9.17, 15) is 9.59 Å². The Morgan fingerprint density at radius 2 is 1.76 bits per heavy atom. The third kappa shape index (κ3) is 4.29. The summed E-state index contributed by atoms with van der Waals surface area (Å²) in [6.07, 6.45) is 2.06. The van der Waals surface area contributed by atoms with E-state index in [4.69, 9.17) is 5.73 Å². The highest BCUT2D eigenvalue weighted by Gasteiger charge is 2.28. The summed E-state index contributed by atoms with van der Waals surface area (Å²) < 4.78 is 0. The molecule has 1 aliphatic rings. The second-order valence-corrected chi connectivity index (χ2v) is 5.74. The van der Waals surface area contributed by atoms with Gasteiger partial charge in [-0.2, -0.15) is 0 Å². The lowest BCUT2D eigenvalue weighted by molar-refractivity contribution is -0.130. The van der Waals surface area contributed by atoms with Crippen LogP contribution in [0.25, 0.3) is 0 Å². The first-order valence-electron chi connectivity index (χ1n) is 7.40. The molecule has 3 atom stereocenters. The predicted octanol–water partition coefficient (Wildman–Crippen LogP) is 1.11. The standard InChI is InChI=1S/C16H23N3O2/c1-10(14(17)12-6-4-3-5-7-12)15(20)18-11(2)16(21)19-13-8-9-13/h3-7,10-11,13-14H,8-9,17H2,1-2H3,(H,18,20)(H,19,21). The number of rotatable bonds is 6. The maximum absolute atomic E-state index is 12.2. The predicted molar refractivity (Wildman–Crippen MR) is 81.3 cm³/mol. The fourth-order valence-electron chi connectivity index (χ4n) is 2.09. The smallest absolute Gasteiger partial charge is 0.242 e. The zero-order valence-electron chi connectivity index (χ0n) is 12.5. The molecular weight excluding hydrogens is 266 g/mol. The number of amides is 2. The second-order valence-electron chi connectivity index (χ2n) is 5.74. The summed E-state index contributed by atoms with van der Waals surface area (Å²) in [4.78, 5) is 24.0. The van der Waals surface area contributed by atoms with Crippen LogP contribution in [0.15, 0.2) is 30.3 Å². The van der Waals surface area contributed by atoms with Crippen molar-refractivity contribution in [2.24, 2.45) is 11.7 Å². The van der Waals surface area contributed by atoms with E-state index in [0.717, 1.165) is 18.4 Å². The Kier molecular flexibility index (Phi) is 4.96. The third-order valence-electron chi connectivity index (χ3n) is 3.81. The van der Waals surface area contributed by atoms with Gasteiger partial charge in [0, 0.05) is 12.1 Å². The van der Waals surface area contributed by atoms with Crippen molar-refractivity contribution in [1.82, 2.24) is 10.6 Å². The van der Waals surface area contributed by atoms with Crippen LogP contribution in [0.2, 0.25) is 0 Å². The van der Waals surface area contributed by atoms with Crippen molar-refractivity contribution in [3.63, 3.8) is 0 Å². The Hall–Kier alpha value is -1.88. The normalized spacial score (nSPS) is 18.4. The third-order valence-corrected chi connectivity index (χ3v) is 3.81. The van der Waals surface area contributed by atoms with Crippen LogP contribution < -0.4 is 16.4 Å². The molecule has 1 aromatic rings. The van der Waals surface area contributed by atoms with Crippen LogP contribution in [0.1, 0.15) is 38.3 Å². The lowest BCUT2D eigenvalue weighted by Crippen LogP contribution is -2.48. The Morgan fingerprint density at radius 1 is 1.14 bits per heavy atom. The van der Waals surface area contributed by atoms with Gasteiger partial charge in [0.05, 0.1) is 5.92 Å². The number of hydrogen-bond donors (Lipinski definition) is 3. The molecule has 0 aromatic heterocycles. The van der Waals surface area contributed by atoms with Gasteiger partial charge >= 0.3 is 0 Å². The molecule has 1 fully saturated rings. The minimum Gasteiger partial charge on any atom is -0.352 e. The summed E-state index contributed by atoms with van der Waals surface area (Å²) in [6, 6.07) is 8.87. The quantitative estimate of drug-likeness (QED) is 0.733. The molecule has 5 nitrogen and oxygen atoms in total. The van der Waals surface area contributed by atoms with Crippen LogP contribution in [-0.4, -0.2) is 23.9 Å². The van der Waals surface area contributed by atoms with Gasteiger partial charge in [-0.1, -0.05) is 37.3 Å². The van der Waals surface area contributed by atoms with Crippen molar-refractivity contribution in [2.75, 3.05) is 0 Å². The molecule has 114 valence electrons. The van der Waals surface area contributed by atoms with Crippen LogP contribution in [0.4, 0.5) is 0 Å². The van der Waals surface area contributed by atoms with Crippen molar-refractivity contribution in [1.29, 1.82) is 0 Å². The van der Waals surface area contributed by atoms with Crippen molar-refractivity contribution in [3.05, 3.63) is 35.9 Å². The first-order valence-corrected chi connectivity index (χ1v) is 7.40. The SMILES string of the molecule is CC(NC(=O)C(C)C(N)c1ccccc1)C(=O)NC1CC1. The highest BCUT2D eigenvalue weighted by Crippen LogP contribution is 2.20. The van der Waals surface area contributed by atoms with Crippen LogP contribution in [0, 0.1) is 5.92 Å². The topological polar surface area (TPSA) is 84.2 Å². The summed E-state index contributed by atoms with van der Waals surface area (Å²) >= 11 is 0. The molecule has 21 heavy (non-hydrogen) atoms. The summed E-state index contributed by atoms with van der Waals surface area (Å²) in [5, 5.41) is 5.61. The first-order chi connectivity index (χ1) is 9.99. The number of benzene rings is 1. The molecule has 1 aromatic carbocycles. The molecule has 0 aliphatic heterocycles. The van der Waals surface area contributed by atoms with E-state index in [2.05, 4.69) is 10.6 Å². The van der Waals surface area contributed by atoms with Crippen molar-refractivity contribution in [3.8, 4) is 0 Å². The van der Waals surface area contributed by atoms with Crippen LogP contribution in [0.5, 0.6) is 0 Å². The lowest BCUT2D eigenvalue weighted by Gasteiger charge is -2.22. The van der Waals surface area contributed by atoms with E-state index in [1.54, 1.807) is 13.8 Å². The number of nitrogens with two attached hydrogens (primary N) is 1. The molecule has 2 rings (SSSR count). The summed E-state index contributed by atoms with van der Waals surface area (Å²) in [5.41, 5.74) is 7.03. The van der Waals surface area contributed by atoms with E-state index >= 15 is 0 Å². The minimum absolute atomic E-state index is 0.133.